The fourth-order valence-corrected chi connectivity index (χ4v) is 1.95. The van der Waals surface area contributed by atoms with Crippen molar-refractivity contribution in [2.45, 2.75) is 0 Å². The largest absolute Gasteiger partial charge is 0.395 e. The summed E-state index contributed by atoms with van der Waals surface area (Å²) in [5, 5.41) is 13.0. The molecule has 2 rings (SSSR count). The van der Waals surface area contributed by atoms with Gasteiger partial charge in [-0.25, -0.2) is 0 Å². The molecule has 1 heterocycles. The number of aliphatic hydroxyl groups excluding tert-OH is 1. The van der Waals surface area contributed by atoms with E-state index in [1.165, 1.54) is 0 Å². The molecule has 0 atom stereocenters. The van der Waals surface area contributed by atoms with E-state index < -0.39 is 0 Å². The van der Waals surface area contributed by atoms with Gasteiger partial charge < -0.3 is 10.4 Å². The Morgan fingerprint density at radius 2 is 2.20 bits per heavy atom. The molecule has 0 bridgehead atoms. The Balaban J connectivity index is 2.51. The van der Waals surface area contributed by atoms with Crippen LogP contribution in [0.15, 0.2) is 34.9 Å². The molecule has 3 nitrogen and oxygen atoms in total. The van der Waals surface area contributed by atoms with E-state index in [1.54, 1.807) is 6.20 Å². The van der Waals surface area contributed by atoms with E-state index in [1.807, 2.05) is 24.3 Å². The number of benzene rings is 1. The third kappa shape index (κ3) is 2.11. The van der Waals surface area contributed by atoms with Crippen LogP contribution in [0.3, 0.4) is 0 Å². The lowest BCUT2D eigenvalue weighted by Gasteiger charge is -2.08. The molecule has 2 N–H and O–H groups in total. The molecule has 0 radical (unpaired) electrons. The van der Waals surface area contributed by atoms with Crippen molar-refractivity contribution in [3.05, 3.63) is 34.9 Å². The predicted octanol–water partition coefficient (Wildman–Crippen LogP) is 2.40. The van der Waals surface area contributed by atoms with Crippen molar-refractivity contribution >= 4 is 32.5 Å². The fourth-order valence-electron chi connectivity index (χ4n) is 1.48. The van der Waals surface area contributed by atoms with E-state index in [0.29, 0.717) is 6.54 Å². The monoisotopic (exact) mass is 266 g/mol. The molecule has 0 unspecified atom stereocenters. The van der Waals surface area contributed by atoms with Crippen LogP contribution in [-0.4, -0.2) is 23.2 Å². The summed E-state index contributed by atoms with van der Waals surface area (Å²) < 4.78 is 0.979. The summed E-state index contributed by atoms with van der Waals surface area (Å²) in [5.41, 5.74) is 1.93. The number of rotatable bonds is 3. The number of nitrogens with one attached hydrogen (secondary N) is 1. The Labute approximate surface area is 96.3 Å². The lowest BCUT2D eigenvalue weighted by atomic mass is 10.2. The zero-order valence-electron chi connectivity index (χ0n) is 8.07. The molecule has 0 saturated carbocycles. The Kier molecular flexibility index (Phi) is 3.18. The first-order chi connectivity index (χ1) is 7.33. The van der Waals surface area contributed by atoms with Crippen molar-refractivity contribution in [2.75, 3.05) is 18.5 Å². The second kappa shape index (κ2) is 4.59. The minimum absolute atomic E-state index is 0.123. The molecule has 15 heavy (non-hydrogen) atoms. The van der Waals surface area contributed by atoms with Gasteiger partial charge >= 0.3 is 0 Å². The summed E-state index contributed by atoms with van der Waals surface area (Å²) in [7, 11) is 0. The van der Waals surface area contributed by atoms with Crippen LogP contribution >= 0.6 is 15.9 Å². The van der Waals surface area contributed by atoms with Crippen LogP contribution in [0.2, 0.25) is 0 Å². The van der Waals surface area contributed by atoms with Gasteiger partial charge in [0.25, 0.3) is 0 Å². The topological polar surface area (TPSA) is 45.1 Å². The number of anilines is 1. The van der Waals surface area contributed by atoms with E-state index >= 15 is 0 Å². The second-order valence-corrected chi connectivity index (χ2v) is 4.00. The Hall–Kier alpha value is -1.13. The summed E-state index contributed by atoms with van der Waals surface area (Å²) in [6.07, 6.45) is 1.76. The van der Waals surface area contributed by atoms with Gasteiger partial charge in [0.2, 0.25) is 0 Å². The average Bonchev–Trinajstić information content (AvgIpc) is 2.27. The number of para-hydroxylation sites is 1. The third-order valence-electron chi connectivity index (χ3n) is 2.15. The van der Waals surface area contributed by atoms with E-state index in [-0.39, 0.29) is 6.61 Å². The molecule has 0 spiro atoms. The lowest BCUT2D eigenvalue weighted by molar-refractivity contribution is 0.311. The zero-order chi connectivity index (χ0) is 10.7. The highest BCUT2D eigenvalue weighted by Gasteiger charge is 2.03. The molecule has 0 amide bonds. The van der Waals surface area contributed by atoms with Crippen molar-refractivity contribution in [3.8, 4) is 0 Å². The molecule has 0 aliphatic heterocycles. The first-order valence-corrected chi connectivity index (χ1v) is 5.50. The average molecular weight is 267 g/mol. The first-order valence-electron chi connectivity index (χ1n) is 4.71. The summed E-state index contributed by atoms with van der Waals surface area (Å²) in [6, 6.07) is 7.85. The van der Waals surface area contributed by atoms with Crippen molar-refractivity contribution in [3.63, 3.8) is 0 Å². The van der Waals surface area contributed by atoms with E-state index in [9.17, 15) is 0 Å². The number of hydrogen-bond acceptors (Lipinski definition) is 3. The molecule has 78 valence electrons. The van der Waals surface area contributed by atoms with Gasteiger partial charge in [-0.2, -0.15) is 0 Å². The quantitative estimate of drug-likeness (QED) is 0.897. The van der Waals surface area contributed by atoms with Gasteiger partial charge in [0, 0.05) is 28.3 Å². The van der Waals surface area contributed by atoms with Gasteiger partial charge in [0.05, 0.1) is 12.1 Å². The minimum atomic E-state index is 0.123. The van der Waals surface area contributed by atoms with Crippen LogP contribution < -0.4 is 5.32 Å². The molecule has 1 aromatic heterocycles. The molecular formula is C11H11BrN2O. The summed E-state index contributed by atoms with van der Waals surface area (Å²) in [4.78, 5) is 4.30. The number of hydrogen-bond donors (Lipinski definition) is 2. The molecule has 0 aliphatic rings. The molecular weight excluding hydrogens is 256 g/mol. The molecule has 2 aromatic rings. The standard InChI is InChI=1S/C11H11BrN2O/c12-9-3-1-2-8-10(13-6-7-15)4-5-14-11(8)9/h1-5,15H,6-7H2,(H,13,14). The summed E-state index contributed by atoms with van der Waals surface area (Å²) >= 11 is 3.46. The molecule has 4 heteroatoms. The van der Waals surface area contributed by atoms with Gasteiger partial charge in [-0.3, -0.25) is 4.98 Å². The Morgan fingerprint density at radius 1 is 1.33 bits per heavy atom. The lowest BCUT2D eigenvalue weighted by Crippen LogP contribution is -2.05. The van der Waals surface area contributed by atoms with Crippen LogP contribution in [0.4, 0.5) is 5.69 Å². The first kappa shape index (κ1) is 10.4. The highest BCUT2D eigenvalue weighted by molar-refractivity contribution is 9.10. The maximum atomic E-state index is 8.77. The van der Waals surface area contributed by atoms with Crippen LogP contribution in [0.5, 0.6) is 0 Å². The Bertz CT molecular complexity index is 473. The maximum Gasteiger partial charge on any atom is 0.0864 e. The van der Waals surface area contributed by atoms with E-state index in [4.69, 9.17) is 5.11 Å². The highest BCUT2D eigenvalue weighted by atomic mass is 79.9. The fraction of sp³-hybridized carbons (Fsp3) is 0.182. The summed E-state index contributed by atoms with van der Waals surface area (Å²) in [6.45, 7) is 0.670. The molecule has 1 aromatic carbocycles. The Morgan fingerprint density at radius 3 is 3.00 bits per heavy atom. The smallest absolute Gasteiger partial charge is 0.0864 e. The van der Waals surface area contributed by atoms with Crippen LogP contribution in [0, 0.1) is 0 Å². The maximum absolute atomic E-state index is 8.77. The van der Waals surface area contributed by atoms with Crippen molar-refractivity contribution in [2.24, 2.45) is 0 Å². The number of halogens is 1. The minimum Gasteiger partial charge on any atom is -0.395 e. The number of aromatic nitrogens is 1. The van der Waals surface area contributed by atoms with E-state index in [0.717, 1.165) is 21.1 Å². The van der Waals surface area contributed by atoms with Crippen molar-refractivity contribution < 1.29 is 5.11 Å². The zero-order valence-corrected chi connectivity index (χ0v) is 9.66. The van der Waals surface area contributed by atoms with Crippen LogP contribution in [0.1, 0.15) is 0 Å². The van der Waals surface area contributed by atoms with Gasteiger partial charge in [-0.05, 0) is 28.1 Å². The normalized spacial score (nSPS) is 10.5. The predicted molar refractivity (Wildman–Crippen MR) is 65.0 cm³/mol. The highest BCUT2D eigenvalue weighted by Crippen LogP contribution is 2.26. The van der Waals surface area contributed by atoms with Gasteiger partial charge in [0.15, 0.2) is 0 Å². The number of aliphatic hydroxyl groups is 1. The SMILES string of the molecule is OCCNc1ccnc2c(Br)cccc12. The number of nitrogens with zero attached hydrogens (tertiary/aromatic N) is 1. The van der Waals surface area contributed by atoms with E-state index in [2.05, 4.69) is 26.2 Å². The van der Waals surface area contributed by atoms with Crippen molar-refractivity contribution in [1.82, 2.24) is 4.98 Å². The van der Waals surface area contributed by atoms with Crippen molar-refractivity contribution in [1.29, 1.82) is 0 Å². The van der Waals surface area contributed by atoms with Gasteiger partial charge in [-0.1, -0.05) is 12.1 Å². The number of pyridine rings is 1. The summed E-state index contributed by atoms with van der Waals surface area (Å²) in [5.74, 6) is 0. The van der Waals surface area contributed by atoms with Gasteiger partial charge in [0.1, 0.15) is 0 Å². The number of fused-ring (bicyclic) bond motifs is 1. The van der Waals surface area contributed by atoms with Gasteiger partial charge in [-0.15, -0.1) is 0 Å². The second-order valence-electron chi connectivity index (χ2n) is 3.14. The molecule has 0 fully saturated rings. The molecule has 0 aliphatic carbocycles. The third-order valence-corrected chi connectivity index (χ3v) is 2.79. The van der Waals surface area contributed by atoms with Crippen LogP contribution in [0.25, 0.3) is 10.9 Å². The van der Waals surface area contributed by atoms with Crippen LogP contribution in [-0.2, 0) is 0 Å². The molecule has 0 saturated heterocycles.